The molecule has 0 aromatic carbocycles. The molecule has 1 fully saturated rings. The van der Waals surface area contributed by atoms with Gasteiger partial charge >= 0.3 is 6.18 Å². The summed E-state index contributed by atoms with van der Waals surface area (Å²) < 4.78 is 40.0. The Balaban J connectivity index is 1.62. The molecule has 2 heterocycles. The molecule has 6 nitrogen and oxygen atoms in total. The molecule has 2 aromatic heterocycles. The monoisotopic (exact) mass is 397 g/mol. The number of amides is 1. The van der Waals surface area contributed by atoms with Gasteiger partial charge in [0.25, 0.3) is 11.6 Å². The molecule has 0 bridgehead atoms. The van der Waals surface area contributed by atoms with Gasteiger partial charge in [-0.05, 0) is 50.5 Å². The maximum atomic E-state index is 12.9. The minimum absolute atomic E-state index is 0.0237. The fraction of sp³-hybridized carbons (Fsp3) is 0.684. The van der Waals surface area contributed by atoms with Crippen LogP contribution in [0.3, 0.4) is 0 Å². The summed E-state index contributed by atoms with van der Waals surface area (Å²) in [6, 6.07) is 1.72. The molecule has 2 aromatic rings. The van der Waals surface area contributed by atoms with Crippen molar-refractivity contribution in [3.05, 3.63) is 23.8 Å². The summed E-state index contributed by atoms with van der Waals surface area (Å²) in [4.78, 5) is 19.5. The van der Waals surface area contributed by atoms with Crippen molar-refractivity contribution in [2.75, 3.05) is 6.54 Å². The predicted molar refractivity (Wildman–Crippen MR) is 97.6 cm³/mol. The highest BCUT2D eigenvalue weighted by molar-refractivity contribution is 5.78. The lowest BCUT2D eigenvalue weighted by Crippen LogP contribution is -2.35. The van der Waals surface area contributed by atoms with E-state index in [4.69, 9.17) is 0 Å². The molecule has 0 atom stereocenters. The number of fused-ring (bicyclic) bond motifs is 1. The van der Waals surface area contributed by atoms with Crippen LogP contribution in [0.15, 0.2) is 12.3 Å². The number of nitrogens with zero attached hydrogens (tertiary/aromatic N) is 4. The summed E-state index contributed by atoms with van der Waals surface area (Å²) in [5, 5.41) is 6.69. The summed E-state index contributed by atoms with van der Waals surface area (Å²) in [7, 11) is 0. The Morgan fingerprint density at radius 2 is 1.93 bits per heavy atom. The van der Waals surface area contributed by atoms with E-state index in [1.54, 1.807) is 6.07 Å². The Hall–Kier alpha value is -2.19. The van der Waals surface area contributed by atoms with E-state index in [1.807, 2.05) is 13.8 Å². The maximum absolute atomic E-state index is 12.9. The van der Waals surface area contributed by atoms with Crippen LogP contribution in [-0.4, -0.2) is 32.0 Å². The number of halogens is 3. The highest BCUT2D eigenvalue weighted by Gasteiger charge is 2.37. The zero-order valence-corrected chi connectivity index (χ0v) is 16.2. The third kappa shape index (κ3) is 4.44. The quantitative estimate of drug-likeness (QED) is 0.801. The largest absolute Gasteiger partial charge is 0.453 e. The number of carbonyl (C=O) groups excluding carboxylic acids is 1. The van der Waals surface area contributed by atoms with Crippen molar-refractivity contribution in [1.82, 2.24) is 24.9 Å². The number of nitrogens with one attached hydrogen (secondary N) is 1. The van der Waals surface area contributed by atoms with Crippen molar-refractivity contribution in [3.8, 4) is 0 Å². The second kappa shape index (κ2) is 8.45. The van der Waals surface area contributed by atoms with Gasteiger partial charge in [0.15, 0.2) is 0 Å². The number of rotatable bonds is 6. The average Bonchev–Trinajstić information content (AvgIpc) is 3.13. The van der Waals surface area contributed by atoms with Crippen molar-refractivity contribution in [2.45, 2.75) is 64.5 Å². The lowest BCUT2D eigenvalue weighted by Gasteiger charge is -2.29. The SMILES string of the molecule is CCC(CC)C(=O)NCC1CCC(c2ccnc3nc(C(F)(F)F)nn23)CC1. The molecule has 1 aliphatic carbocycles. The first-order valence-corrected chi connectivity index (χ1v) is 9.90. The van der Waals surface area contributed by atoms with Gasteiger partial charge in [-0.3, -0.25) is 4.79 Å². The topological polar surface area (TPSA) is 72.2 Å². The minimum Gasteiger partial charge on any atom is -0.356 e. The van der Waals surface area contributed by atoms with Gasteiger partial charge in [0.2, 0.25) is 5.91 Å². The van der Waals surface area contributed by atoms with Crippen LogP contribution in [0.5, 0.6) is 0 Å². The first kappa shape index (κ1) is 20.5. The molecule has 0 radical (unpaired) electrons. The van der Waals surface area contributed by atoms with E-state index in [9.17, 15) is 18.0 Å². The zero-order valence-electron chi connectivity index (χ0n) is 16.2. The van der Waals surface area contributed by atoms with Gasteiger partial charge in [-0.25, -0.2) is 9.50 Å². The van der Waals surface area contributed by atoms with E-state index >= 15 is 0 Å². The summed E-state index contributed by atoms with van der Waals surface area (Å²) in [5.41, 5.74) is 0.715. The number of hydrogen-bond donors (Lipinski definition) is 1. The van der Waals surface area contributed by atoms with Crippen molar-refractivity contribution >= 4 is 11.7 Å². The fourth-order valence-electron chi connectivity index (χ4n) is 3.95. The Kier molecular flexibility index (Phi) is 6.20. The van der Waals surface area contributed by atoms with Gasteiger partial charge in [0, 0.05) is 24.6 Å². The van der Waals surface area contributed by atoms with E-state index in [-0.39, 0.29) is 23.5 Å². The Bertz CT molecular complexity index is 807. The maximum Gasteiger partial charge on any atom is 0.453 e. The van der Waals surface area contributed by atoms with E-state index in [2.05, 4.69) is 20.4 Å². The van der Waals surface area contributed by atoms with Gasteiger partial charge in [-0.1, -0.05) is 13.8 Å². The second-order valence-electron chi connectivity index (χ2n) is 7.49. The smallest absolute Gasteiger partial charge is 0.356 e. The van der Waals surface area contributed by atoms with Gasteiger partial charge in [-0.15, -0.1) is 5.10 Å². The lowest BCUT2D eigenvalue weighted by atomic mass is 9.80. The number of carbonyl (C=O) groups is 1. The Morgan fingerprint density at radius 1 is 1.25 bits per heavy atom. The summed E-state index contributed by atoms with van der Waals surface area (Å²) in [6.07, 6.45) is 2.09. The minimum atomic E-state index is -4.59. The predicted octanol–water partition coefficient (Wildman–Crippen LogP) is 3.97. The third-order valence-corrected chi connectivity index (χ3v) is 5.71. The molecule has 0 spiro atoms. The molecule has 1 aliphatic rings. The highest BCUT2D eigenvalue weighted by atomic mass is 19.4. The highest BCUT2D eigenvalue weighted by Crippen LogP contribution is 2.36. The van der Waals surface area contributed by atoms with Crippen LogP contribution in [0.4, 0.5) is 13.2 Å². The van der Waals surface area contributed by atoms with E-state index in [1.165, 1.54) is 10.7 Å². The molecule has 3 rings (SSSR count). The molecular formula is C19H26F3N5O. The third-order valence-electron chi connectivity index (χ3n) is 5.71. The molecule has 0 saturated heterocycles. The van der Waals surface area contributed by atoms with Crippen LogP contribution in [0.25, 0.3) is 5.78 Å². The van der Waals surface area contributed by atoms with Crippen molar-refractivity contribution < 1.29 is 18.0 Å². The van der Waals surface area contributed by atoms with E-state index in [0.717, 1.165) is 38.5 Å². The van der Waals surface area contributed by atoms with Gasteiger partial charge < -0.3 is 5.32 Å². The molecule has 9 heteroatoms. The molecular weight excluding hydrogens is 371 g/mol. The second-order valence-corrected chi connectivity index (χ2v) is 7.49. The fourth-order valence-corrected chi connectivity index (χ4v) is 3.95. The molecule has 0 aliphatic heterocycles. The Morgan fingerprint density at radius 3 is 2.54 bits per heavy atom. The first-order chi connectivity index (χ1) is 13.3. The van der Waals surface area contributed by atoms with E-state index < -0.39 is 12.0 Å². The van der Waals surface area contributed by atoms with Gasteiger partial charge in [-0.2, -0.15) is 18.2 Å². The van der Waals surface area contributed by atoms with Crippen molar-refractivity contribution in [1.29, 1.82) is 0 Å². The van der Waals surface area contributed by atoms with Crippen LogP contribution in [0, 0.1) is 11.8 Å². The summed E-state index contributed by atoms with van der Waals surface area (Å²) in [5.74, 6) is -0.496. The number of alkyl halides is 3. The van der Waals surface area contributed by atoms with Crippen molar-refractivity contribution in [2.24, 2.45) is 11.8 Å². The van der Waals surface area contributed by atoms with Crippen LogP contribution in [0.1, 0.15) is 69.8 Å². The molecule has 1 N–H and O–H groups in total. The standard InChI is InChI=1S/C19H26F3N5O/c1-3-13(4-2)16(28)24-11-12-5-7-14(8-6-12)15-9-10-23-18-25-17(19(20,21)22)26-27(15)18/h9-10,12-14H,3-8,11H2,1-2H3,(H,24,28). The van der Waals surface area contributed by atoms with Crippen LogP contribution in [-0.2, 0) is 11.0 Å². The lowest BCUT2D eigenvalue weighted by molar-refractivity contribution is -0.144. The molecule has 28 heavy (non-hydrogen) atoms. The van der Waals surface area contributed by atoms with Crippen molar-refractivity contribution in [3.63, 3.8) is 0 Å². The molecule has 1 amide bonds. The summed E-state index contributed by atoms with van der Waals surface area (Å²) in [6.45, 7) is 4.70. The molecule has 0 unspecified atom stereocenters. The van der Waals surface area contributed by atoms with Crippen LogP contribution in [0.2, 0.25) is 0 Å². The van der Waals surface area contributed by atoms with Crippen LogP contribution < -0.4 is 5.32 Å². The van der Waals surface area contributed by atoms with Crippen LogP contribution >= 0.6 is 0 Å². The molecule has 1 saturated carbocycles. The van der Waals surface area contributed by atoms with Gasteiger partial charge in [0.1, 0.15) is 0 Å². The average molecular weight is 397 g/mol. The number of hydrogen-bond acceptors (Lipinski definition) is 4. The molecule has 154 valence electrons. The normalized spacial score (nSPS) is 20.6. The first-order valence-electron chi connectivity index (χ1n) is 9.90. The Labute approximate surface area is 161 Å². The number of aromatic nitrogens is 4. The zero-order chi connectivity index (χ0) is 20.3. The van der Waals surface area contributed by atoms with Gasteiger partial charge in [0.05, 0.1) is 5.69 Å². The summed E-state index contributed by atoms with van der Waals surface area (Å²) >= 11 is 0. The van der Waals surface area contributed by atoms with E-state index in [0.29, 0.717) is 18.2 Å².